The summed E-state index contributed by atoms with van der Waals surface area (Å²) in [6.07, 6.45) is 6.68. The van der Waals surface area contributed by atoms with E-state index in [4.69, 9.17) is 17.3 Å². The van der Waals surface area contributed by atoms with Crippen LogP contribution in [-0.4, -0.2) is 11.7 Å². The molecule has 0 fully saturated rings. The Balaban J connectivity index is 4.23. The van der Waals surface area contributed by atoms with Gasteiger partial charge in [0.15, 0.2) is 0 Å². The number of amidine groups is 1. The summed E-state index contributed by atoms with van der Waals surface area (Å²) in [7, 11) is 0. The fourth-order valence-electron chi connectivity index (χ4n) is 0.576. The summed E-state index contributed by atoms with van der Waals surface area (Å²) in [6, 6.07) is 0. The molecule has 0 aliphatic carbocycles. The fraction of sp³-hybridized carbons (Fsp3) is 0.444. The minimum Gasteiger partial charge on any atom is -0.387 e. The van der Waals surface area contributed by atoms with Gasteiger partial charge in [0.2, 0.25) is 0 Å². The van der Waals surface area contributed by atoms with Crippen molar-refractivity contribution in [1.82, 2.24) is 0 Å². The van der Waals surface area contributed by atoms with Gasteiger partial charge in [-0.15, -0.1) is 11.6 Å². The van der Waals surface area contributed by atoms with Crippen LogP contribution in [0.4, 0.5) is 0 Å². The van der Waals surface area contributed by atoms with Crippen molar-refractivity contribution in [2.24, 2.45) is 10.7 Å². The van der Waals surface area contributed by atoms with Gasteiger partial charge in [-0.2, -0.15) is 0 Å². The number of nitrogens with two attached hydrogens (primary N) is 1. The number of hydrogen-bond donors (Lipinski definition) is 1. The minimum absolute atomic E-state index is 0.466. The Hall–Kier alpha value is -0.760. The molecule has 0 amide bonds. The maximum atomic E-state index is 5.66. The van der Waals surface area contributed by atoms with Crippen LogP contribution in [0, 0.1) is 0 Å². The van der Waals surface area contributed by atoms with Gasteiger partial charge in [0.05, 0.1) is 5.84 Å². The average Bonchev–Trinajstić information content (AvgIpc) is 2.05. The fourth-order valence-corrected chi connectivity index (χ4v) is 0.734. The average molecular weight is 187 g/mol. The molecule has 0 aliphatic heterocycles. The predicted octanol–water partition coefficient (Wildman–Crippen LogP) is 2.45. The first-order valence-corrected chi connectivity index (χ1v) is 4.45. The molecule has 0 radical (unpaired) electrons. The third kappa shape index (κ3) is 5.98. The highest BCUT2D eigenvalue weighted by Gasteiger charge is 1.86. The normalized spacial score (nSPS) is 14.2. The van der Waals surface area contributed by atoms with E-state index in [-0.39, 0.29) is 0 Å². The Kier molecular flexibility index (Phi) is 6.48. The molecular formula is C9H15ClN2. The second-order valence-corrected chi connectivity index (χ2v) is 2.69. The lowest BCUT2D eigenvalue weighted by Crippen LogP contribution is -2.03. The highest BCUT2D eigenvalue weighted by atomic mass is 35.5. The topological polar surface area (TPSA) is 38.4 Å². The monoisotopic (exact) mass is 186 g/mol. The summed E-state index contributed by atoms with van der Waals surface area (Å²) in [4.78, 5) is 3.95. The van der Waals surface area contributed by atoms with Crippen LogP contribution in [0.5, 0.6) is 0 Å². The van der Waals surface area contributed by atoms with Crippen molar-refractivity contribution in [1.29, 1.82) is 0 Å². The van der Waals surface area contributed by atoms with Gasteiger partial charge >= 0.3 is 0 Å². The van der Waals surface area contributed by atoms with E-state index in [1.165, 1.54) is 0 Å². The van der Waals surface area contributed by atoms with Crippen molar-refractivity contribution in [2.45, 2.75) is 20.3 Å². The van der Waals surface area contributed by atoms with Gasteiger partial charge in [-0.1, -0.05) is 19.1 Å². The van der Waals surface area contributed by atoms with Crippen molar-refractivity contribution in [3.8, 4) is 0 Å². The standard InChI is InChI=1S/C9H15ClN2/c1-3-4-5-9(6-10)7-12-8(2)11/h4-5,7H,3,6H2,1-2H3,(H2,11,12)/b5-4+,9-7+. The largest absolute Gasteiger partial charge is 0.387 e. The summed E-state index contributed by atoms with van der Waals surface area (Å²) in [5.41, 5.74) is 6.34. The maximum absolute atomic E-state index is 5.66. The van der Waals surface area contributed by atoms with Crippen LogP contribution in [-0.2, 0) is 0 Å². The number of nitrogens with zero attached hydrogens (tertiary/aromatic N) is 1. The number of halogens is 1. The van der Waals surface area contributed by atoms with E-state index in [0.29, 0.717) is 11.7 Å². The van der Waals surface area contributed by atoms with Crippen LogP contribution in [0.25, 0.3) is 0 Å². The highest BCUT2D eigenvalue weighted by Crippen LogP contribution is 2.01. The van der Waals surface area contributed by atoms with Crippen LogP contribution < -0.4 is 5.73 Å². The summed E-state index contributed by atoms with van der Waals surface area (Å²) < 4.78 is 0. The van der Waals surface area contributed by atoms with E-state index in [1.807, 2.05) is 12.2 Å². The number of rotatable bonds is 4. The zero-order valence-electron chi connectivity index (χ0n) is 7.55. The summed E-state index contributed by atoms with van der Waals surface area (Å²) in [5, 5.41) is 0. The lowest BCUT2D eigenvalue weighted by molar-refractivity contribution is 1.21. The van der Waals surface area contributed by atoms with Gasteiger partial charge < -0.3 is 5.73 Å². The molecule has 0 unspecified atom stereocenters. The molecule has 3 heteroatoms. The van der Waals surface area contributed by atoms with Crippen LogP contribution in [0.2, 0.25) is 0 Å². The molecule has 0 atom stereocenters. The van der Waals surface area contributed by atoms with Crippen molar-refractivity contribution in [3.05, 3.63) is 23.9 Å². The van der Waals surface area contributed by atoms with Crippen LogP contribution in [0.1, 0.15) is 20.3 Å². The Morgan fingerprint density at radius 3 is 2.67 bits per heavy atom. The number of allylic oxidation sites excluding steroid dienone is 3. The highest BCUT2D eigenvalue weighted by molar-refractivity contribution is 6.19. The molecule has 2 nitrogen and oxygen atoms in total. The van der Waals surface area contributed by atoms with Gasteiger partial charge in [0, 0.05) is 12.1 Å². The molecule has 0 aromatic heterocycles. The lowest BCUT2D eigenvalue weighted by atomic mass is 10.3. The SMILES string of the molecule is CC/C=C/C(=C\N=C(C)N)CCl. The number of alkyl halides is 1. The first-order valence-electron chi connectivity index (χ1n) is 3.92. The second kappa shape index (κ2) is 6.92. The molecule has 0 saturated heterocycles. The van der Waals surface area contributed by atoms with Crippen LogP contribution >= 0.6 is 11.6 Å². The van der Waals surface area contributed by atoms with E-state index < -0.39 is 0 Å². The molecule has 0 aromatic carbocycles. The number of hydrogen-bond acceptors (Lipinski definition) is 1. The molecule has 0 aromatic rings. The summed E-state index contributed by atoms with van der Waals surface area (Å²) >= 11 is 5.66. The van der Waals surface area contributed by atoms with Gasteiger partial charge in [-0.3, -0.25) is 0 Å². The van der Waals surface area contributed by atoms with Crippen molar-refractivity contribution in [2.75, 3.05) is 5.88 Å². The zero-order valence-corrected chi connectivity index (χ0v) is 8.30. The van der Waals surface area contributed by atoms with Gasteiger partial charge in [-0.25, -0.2) is 4.99 Å². The van der Waals surface area contributed by atoms with Crippen LogP contribution in [0.15, 0.2) is 28.9 Å². The Labute approximate surface area is 78.8 Å². The van der Waals surface area contributed by atoms with E-state index >= 15 is 0 Å². The minimum atomic E-state index is 0.466. The molecule has 0 bridgehead atoms. The second-order valence-electron chi connectivity index (χ2n) is 2.42. The quantitative estimate of drug-likeness (QED) is 0.312. The Morgan fingerprint density at radius 1 is 1.58 bits per heavy atom. The van der Waals surface area contributed by atoms with Gasteiger partial charge in [-0.05, 0) is 18.9 Å². The third-order valence-electron chi connectivity index (χ3n) is 1.16. The first-order chi connectivity index (χ1) is 5.70. The smallest absolute Gasteiger partial charge is 0.0957 e. The van der Waals surface area contributed by atoms with Crippen molar-refractivity contribution >= 4 is 17.4 Å². The molecule has 68 valence electrons. The van der Waals surface area contributed by atoms with Gasteiger partial charge in [0.25, 0.3) is 0 Å². The lowest BCUT2D eigenvalue weighted by Gasteiger charge is -1.92. The van der Waals surface area contributed by atoms with E-state index in [9.17, 15) is 0 Å². The zero-order chi connectivity index (χ0) is 9.40. The van der Waals surface area contributed by atoms with Crippen molar-refractivity contribution < 1.29 is 0 Å². The maximum Gasteiger partial charge on any atom is 0.0957 e. The summed E-state index contributed by atoms with van der Waals surface area (Å²) in [5.74, 6) is 1.01. The van der Waals surface area contributed by atoms with Gasteiger partial charge in [0.1, 0.15) is 0 Å². The van der Waals surface area contributed by atoms with E-state index in [1.54, 1.807) is 13.1 Å². The molecule has 0 saturated carbocycles. The van der Waals surface area contributed by atoms with E-state index in [0.717, 1.165) is 12.0 Å². The molecule has 0 aliphatic rings. The third-order valence-corrected chi connectivity index (χ3v) is 1.46. The molecule has 2 N–H and O–H groups in total. The molecule has 12 heavy (non-hydrogen) atoms. The summed E-state index contributed by atoms with van der Waals surface area (Å²) in [6.45, 7) is 3.81. The van der Waals surface area contributed by atoms with Crippen molar-refractivity contribution in [3.63, 3.8) is 0 Å². The molecule has 0 rings (SSSR count). The first kappa shape index (κ1) is 11.2. The number of aliphatic imine (C=N–C) groups is 1. The van der Waals surface area contributed by atoms with E-state index in [2.05, 4.69) is 11.9 Å². The van der Waals surface area contributed by atoms with Crippen LogP contribution in [0.3, 0.4) is 0 Å². The Morgan fingerprint density at radius 2 is 2.25 bits per heavy atom. The molecular weight excluding hydrogens is 172 g/mol. The molecule has 0 spiro atoms. The predicted molar refractivity (Wildman–Crippen MR) is 55.5 cm³/mol. The molecule has 0 heterocycles. The Bertz CT molecular complexity index is 201.